The van der Waals surface area contributed by atoms with Gasteiger partial charge in [-0.1, -0.05) is 11.8 Å². The molecule has 3 rings (SSSR count). The molecule has 0 radical (unpaired) electrons. The number of benzene rings is 2. The minimum absolute atomic E-state index is 0.0357. The number of nitrogens with zero attached hydrogens (tertiary/aromatic N) is 2. The predicted molar refractivity (Wildman–Crippen MR) is 113 cm³/mol. The molecule has 1 saturated heterocycles. The first-order valence-electron chi connectivity index (χ1n) is 9.23. The maximum absolute atomic E-state index is 13.0. The Morgan fingerprint density at radius 3 is 2.47 bits per heavy atom. The van der Waals surface area contributed by atoms with Gasteiger partial charge < -0.3 is 10.1 Å². The van der Waals surface area contributed by atoms with Crippen molar-refractivity contribution in [2.45, 2.75) is 18.6 Å². The Hall–Kier alpha value is -3.20. The Kier molecular flexibility index (Phi) is 6.83. The van der Waals surface area contributed by atoms with Crippen LogP contribution < -0.4 is 5.32 Å². The minimum Gasteiger partial charge on any atom is -0.462 e. The first-order valence-corrected chi connectivity index (χ1v) is 10.1. The van der Waals surface area contributed by atoms with E-state index in [0.29, 0.717) is 28.7 Å². The molecule has 0 saturated carbocycles. The first kappa shape index (κ1) is 21.5. The van der Waals surface area contributed by atoms with Crippen LogP contribution in [0.3, 0.4) is 0 Å². The number of hydrogen-bond acceptors (Lipinski definition) is 6. The van der Waals surface area contributed by atoms with Crippen LogP contribution in [0.15, 0.2) is 53.5 Å². The SMILES string of the molecule is CCOC(=O)c1ccc(N=C2S[C@H](CC(=O)Nc3ccc(F)cc3)C(=O)N2C)cc1. The van der Waals surface area contributed by atoms with Gasteiger partial charge >= 0.3 is 5.97 Å². The summed E-state index contributed by atoms with van der Waals surface area (Å²) in [5.74, 6) is -1.38. The Bertz CT molecular complexity index is 977. The van der Waals surface area contributed by atoms with Crippen molar-refractivity contribution < 1.29 is 23.5 Å². The molecule has 1 heterocycles. The number of esters is 1. The van der Waals surface area contributed by atoms with E-state index in [4.69, 9.17) is 4.74 Å². The van der Waals surface area contributed by atoms with Gasteiger partial charge in [-0.3, -0.25) is 14.5 Å². The number of amidine groups is 1. The quantitative estimate of drug-likeness (QED) is 0.709. The molecule has 156 valence electrons. The number of aliphatic imine (C=N–C) groups is 1. The number of carbonyl (C=O) groups is 3. The lowest BCUT2D eigenvalue weighted by Crippen LogP contribution is -2.30. The normalized spacial score (nSPS) is 17.3. The first-order chi connectivity index (χ1) is 14.4. The van der Waals surface area contributed by atoms with Crippen molar-refractivity contribution in [1.82, 2.24) is 4.90 Å². The fourth-order valence-electron chi connectivity index (χ4n) is 2.71. The smallest absolute Gasteiger partial charge is 0.338 e. The van der Waals surface area contributed by atoms with Crippen LogP contribution in [0.4, 0.5) is 15.8 Å². The number of amides is 2. The second-order valence-corrected chi connectivity index (χ2v) is 7.59. The zero-order valence-electron chi connectivity index (χ0n) is 16.4. The Morgan fingerprint density at radius 1 is 1.17 bits per heavy atom. The van der Waals surface area contributed by atoms with Gasteiger partial charge in [0.15, 0.2) is 5.17 Å². The summed E-state index contributed by atoms with van der Waals surface area (Å²) in [5.41, 5.74) is 1.45. The van der Waals surface area contributed by atoms with Crippen molar-refractivity contribution in [2.24, 2.45) is 4.99 Å². The molecular formula is C21H20FN3O4S. The largest absolute Gasteiger partial charge is 0.462 e. The van der Waals surface area contributed by atoms with Gasteiger partial charge in [-0.2, -0.15) is 0 Å². The molecule has 0 unspecified atom stereocenters. The van der Waals surface area contributed by atoms with E-state index in [-0.39, 0.29) is 18.2 Å². The van der Waals surface area contributed by atoms with Crippen LogP contribution in [0.2, 0.25) is 0 Å². The molecule has 0 aliphatic carbocycles. The highest BCUT2D eigenvalue weighted by molar-refractivity contribution is 8.15. The van der Waals surface area contributed by atoms with Gasteiger partial charge in [0.1, 0.15) is 11.1 Å². The van der Waals surface area contributed by atoms with Crippen LogP contribution in [0.25, 0.3) is 0 Å². The van der Waals surface area contributed by atoms with Gasteiger partial charge in [-0.05, 0) is 55.5 Å². The molecule has 2 aromatic carbocycles. The molecule has 9 heteroatoms. The second kappa shape index (κ2) is 9.53. The van der Waals surface area contributed by atoms with Crippen molar-refractivity contribution in [3.63, 3.8) is 0 Å². The molecule has 1 fully saturated rings. The lowest BCUT2D eigenvalue weighted by Gasteiger charge is -2.09. The maximum atomic E-state index is 13.0. The van der Waals surface area contributed by atoms with E-state index in [0.717, 1.165) is 0 Å². The van der Waals surface area contributed by atoms with Gasteiger partial charge in [0.25, 0.3) is 0 Å². The van der Waals surface area contributed by atoms with Gasteiger partial charge in [0, 0.05) is 19.2 Å². The number of hydrogen-bond donors (Lipinski definition) is 1. The number of halogens is 1. The average Bonchev–Trinajstić information content (AvgIpc) is 2.98. The van der Waals surface area contributed by atoms with Gasteiger partial charge in [0.2, 0.25) is 11.8 Å². The van der Waals surface area contributed by atoms with Crippen LogP contribution >= 0.6 is 11.8 Å². The highest BCUT2D eigenvalue weighted by Crippen LogP contribution is 2.31. The summed E-state index contributed by atoms with van der Waals surface area (Å²) < 4.78 is 17.9. The van der Waals surface area contributed by atoms with Crippen LogP contribution in [0, 0.1) is 5.82 Å². The number of thioether (sulfide) groups is 1. The average molecular weight is 429 g/mol. The van der Waals surface area contributed by atoms with E-state index in [1.54, 1.807) is 38.2 Å². The fourth-order valence-corrected chi connectivity index (χ4v) is 3.86. The number of nitrogens with one attached hydrogen (secondary N) is 1. The van der Waals surface area contributed by atoms with E-state index >= 15 is 0 Å². The Balaban J connectivity index is 1.64. The number of ether oxygens (including phenoxy) is 1. The predicted octanol–water partition coefficient (Wildman–Crippen LogP) is 3.59. The molecule has 1 aliphatic heterocycles. The summed E-state index contributed by atoms with van der Waals surface area (Å²) in [6.07, 6.45) is -0.0357. The van der Waals surface area contributed by atoms with E-state index in [1.807, 2.05) is 0 Å². The topological polar surface area (TPSA) is 88.1 Å². The van der Waals surface area contributed by atoms with Crippen molar-refractivity contribution in [3.8, 4) is 0 Å². The van der Waals surface area contributed by atoms with Crippen LogP contribution in [0.1, 0.15) is 23.7 Å². The van der Waals surface area contributed by atoms with E-state index in [1.165, 1.54) is 40.9 Å². The third-order valence-electron chi connectivity index (χ3n) is 4.24. The molecule has 0 spiro atoms. The standard InChI is InChI=1S/C21H20FN3O4S/c1-3-29-20(28)13-4-8-16(9-5-13)24-21-25(2)19(27)17(30-21)12-18(26)23-15-10-6-14(22)7-11-15/h4-11,17H,3,12H2,1-2H3,(H,23,26)/t17-/m1/s1. The third-order valence-corrected chi connectivity index (χ3v) is 5.47. The fraction of sp³-hybridized carbons (Fsp3) is 0.238. The minimum atomic E-state index is -0.604. The van der Waals surface area contributed by atoms with Crippen molar-refractivity contribution >= 4 is 46.1 Å². The van der Waals surface area contributed by atoms with Crippen LogP contribution in [0.5, 0.6) is 0 Å². The van der Waals surface area contributed by atoms with Crippen molar-refractivity contribution in [1.29, 1.82) is 0 Å². The summed E-state index contributed by atoms with van der Waals surface area (Å²) in [6.45, 7) is 2.03. The summed E-state index contributed by atoms with van der Waals surface area (Å²) in [5, 5.41) is 2.51. The number of carbonyl (C=O) groups excluding carboxylic acids is 3. The van der Waals surface area contributed by atoms with Crippen LogP contribution in [-0.4, -0.2) is 46.8 Å². The van der Waals surface area contributed by atoms with Crippen LogP contribution in [-0.2, 0) is 14.3 Å². The van der Waals surface area contributed by atoms with Crippen molar-refractivity contribution in [2.75, 3.05) is 19.0 Å². The molecule has 2 aromatic rings. The highest BCUT2D eigenvalue weighted by atomic mass is 32.2. The molecule has 1 N–H and O–H groups in total. The lowest BCUT2D eigenvalue weighted by atomic mass is 10.2. The maximum Gasteiger partial charge on any atom is 0.338 e. The van der Waals surface area contributed by atoms with E-state index < -0.39 is 17.0 Å². The van der Waals surface area contributed by atoms with Gasteiger partial charge in [0.05, 0.1) is 17.9 Å². The summed E-state index contributed by atoms with van der Waals surface area (Å²) >= 11 is 1.20. The molecule has 7 nitrogen and oxygen atoms in total. The third kappa shape index (κ3) is 5.24. The molecule has 1 atom stereocenters. The van der Waals surface area contributed by atoms with E-state index in [2.05, 4.69) is 10.3 Å². The lowest BCUT2D eigenvalue weighted by molar-refractivity contribution is -0.127. The molecular weight excluding hydrogens is 409 g/mol. The Labute approximate surface area is 177 Å². The number of rotatable bonds is 6. The highest BCUT2D eigenvalue weighted by Gasteiger charge is 2.37. The molecule has 1 aliphatic rings. The molecule has 0 aromatic heterocycles. The van der Waals surface area contributed by atoms with Crippen molar-refractivity contribution in [3.05, 3.63) is 59.9 Å². The van der Waals surface area contributed by atoms with Gasteiger partial charge in [-0.25, -0.2) is 14.2 Å². The zero-order valence-corrected chi connectivity index (χ0v) is 17.2. The zero-order chi connectivity index (χ0) is 21.7. The van der Waals surface area contributed by atoms with Gasteiger partial charge in [-0.15, -0.1) is 0 Å². The number of anilines is 1. The van der Waals surface area contributed by atoms with E-state index in [9.17, 15) is 18.8 Å². The summed E-state index contributed by atoms with van der Waals surface area (Å²) in [7, 11) is 1.60. The molecule has 0 bridgehead atoms. The second-order valence-electron chi connectivity index (χ2n) is 6.42. The monoisotopic (exact) mass is 429 g/mol. The summed E-state index contributed by atoms with van der Waals surface area (Å²) in [4.78, 5) is 42.3. The molecule has 30 heavy (non-hydrogen) atoms. The molecule has 2 amide bonds. The Morgan fingerprint density at radius 2 is 1.83 bits per heavy atom. The summed E-state index contributed by atoms with van der Waals surface area (Å²) in [6, 6.07) is 11.9.